The lowest BCUT2D eigenvalue weighted by molar-refractivity contribution is -0.128. The monoisotopic (exact) mass is 254 g/mol. The molecule has 1 aliphatic heterocycles. The molecule has 1 saturated heterocycles. The largest absolute Gasteiger partial charge is 0.334 e. The van der Waals surface area contributed by atoms with Crippen LogP contribution in [0.4, 0.5) is 0 Å². The molecular weight excluding hydrogens is 236 g/mol. The Kier molecular flexibility index (Phi) is 2.99. The smallest absolute Gasteiger partial charge is 0.224 e. The van der Waals surface area contributed by atoms with E-state index in [1.54, 1.807) is 0 Å². The van der Waals surface area contributed by atoms with Gasteiger partial charge in [0.25, 0.3) is 0 Å². The molecule has 98 valence electrons. The van der Waals surface area contributed by atoms with E-state index in [1.807, 2.05) is 24.0 Å². The normalized spacial score (nSPS) is 23.3. The van der Waals surface area contributed by atoms with Gasteiger partial charge >= 0.3 is 0 Å². The fourth-order valence-corrected chi connectivity index (χ4v) is 3.01. The molecule has 0 aromatic heterocycles. The Morgan fingerprint density at radius 2 is 1.95 bits per heavy atom. The summed E-state index contributed by atoms with van der Waals surface area (Å²) < 4.78 is 0. The van der Waals surface area contributed by atoms with Crippen molar-refractivity contribution in [2.24, 2.45) is 5.73 Å². The maximum atomic E-state index is 11.9. The molecule has 3 rings (SSSR count). The summed E-state index contributed by atoms with van der Waals surface area (Å²) in [5, 5.41) is 2.41. The molecule has 2 N–H and O–H groups in total. The van der Waals surface area contributed by atoms with E-state index >= 15 is 0 Å². The second-order valence-corrected chi connectivity index (χ2v) is 5.10. The first kappa shape index (κ1) is 12.2. The summed E-state index contributed by atoms with van der Waals surface area (Å²) in [4.78, 5) is 13.8. The van der Waals surface area contributed by atoms with Crippen LogP contribution in [0, 0.1) is 0 Å². The molecule has 0 radical (unpaired) electrons. The molecule has 19 heavy (non-hydrogen) atoms. The van der Waals surface area contributed by atoms with Gasteiger partial charge in [-0.3, -0.25) is 4.79 Å². The summed E-state index contributed by atoms with van der Waals surface area (Å²) in [6, 6.07) is 14.5. The predicted molar refractivity (Wildman–Crippen MR) is 76.7 cm³/mol. The number of carbonyl (C=O) groups is 1. The Bertz CT molecular complexity index is 623. The van der Waals surface area contributed by atoms with Crippen LogP contribution in [0.5, 0.6) is 0 Å². The number of benzene rings is 2. The van der Waals surface area contributed by atoms with Crippen LogP contribution in [0.1, 0.15) is 24.9 Å². The molecule has 2 aromatic rings. The zero-order chi connectivity index (χ0) is 13.4. The molecule has 2 atom stereocenters. The van der Waals surface area contributed by atoms with Crippen molar-refractivity contribution in [3.63, 3.8) is 0 Å². The van der Waals surface area contributed by atoms with E-state index in [4.69, 9.17) is 5.73 Å². The zero-order valence-electron chi connectivity index (χ0n) is 11.0. The van der Waals surface area contributed by atoms with Crippen LogP contribution < -0.4 is 5.73 Å². The van der Waals surface area contributed by atoms with Gasteiger partial charge in [0.1, 0.15) is 0 Å². The fraction of sp³-hybridized carbons (Fsp3) is 0.312. The molecule has 1 aliphatic rings. The lowest BCUT2D eigenvalue weighted by Crippen LogP contribution is -2.32. The van der Waals surface area contributed by atoms with E-state index < -0.39 is 0 Å². The maximum absolute atomic E-state index is 11.9. The molecule has 0 spiro atoms. The zero-order valence-corrected chi connectivity index (χ0v) is 11.0. The predicted octanol–water partition coefficient (Wildman–Crippen LogP) is 2.46. The topological polar surface area (TPSA) is 46.3 Å². The Balaban J connectivity index is 2.05. The number of nitrogens with two attached hydrogens (primary N) is 1. The standard InChI is InChI=1S/C16H18N2O/c1-2-18-15(19)10-14(17)16(18)13-8-7-11-5-3-4-6-12(11)9-13/h3-9,14,16H,2,10,17H2,1H3. The van der Waals surface area contributed by atoms with Gasteiger partial charge in [0.05, 0.1) is 6.04 Å². The van der Waals surface area contributed by atoms with Gasteiger partial charge in [0, 0.05) is 19.0 Å². The highest BCUT2D eigenvalue weighted by Gasteiger charge is 2.37. The highest BCUT2D eigenvalue weighted by Crippen LogP contribution is 2.33. The van der Waals surface area contributed by atoms with E-state index in [-0.39, 0.29) is 18.0 Å². The molecule has 0 aliphatic carbocycles. The number of rotatable bonds is 2. The highest BCUT2D eigenvalue weighted by atomic mass is 16.2. The van der Waals surface area contributed by atoms with Crippen molar-refractivity contribution in [3.8, 4) is 0 Å². The third kappa shape index (κ3) is 2.00. The maximum Gasteiger partial charge on any atom is 0.224 e. The first-order valence-electron chi connectivity index (χ1n) is 6.74. The van der Waals surface area contributed by atoms with E-state index in [9.17, 15) is 4.79 Å². The number of nitrogens with zero attached hydrogens (tertiary/aromatic N) is 1. The van der Waals surface area contributed by atoms with Crippen molar-refractivity contribution in [1.82, 2.24) is 4.90 Å². The van der Waals surface area contributed by atoms with Gasteiger partial charge in [-0.2, -0.15) is 0 Å². The van der Waals surface area contributed by atoms with Crippen LogP contribution in [0.2, 0.25) is 0 Å². The van der Waals surface area contributed by atoms with Crippen LogP contribution in [0.15, 0.2) is 42.5 Å². The van der Waals surface area contributed by atoms with E-state index in [0.29, 0.717) is 13.0 Å². The quantitative estimate of drug-likeness (QED) is 0.894. The van der Waals surface area contributed by atoms with Gasteiger partial charge in [-0.25, -0.2) is 0 Å². The molecule has 0 bridgehead atoms. The molecule has 1 heterocycles. The minimum absolute atomic E-state index is 0.0158. The Hall–Kier alpha value is -1.87. The van der Waals surface area contributed by atoms with E-state index in [1.165, 1.54) is 10.8 Å². The molecule has 1 fully saturated rings. The lowest BCUT2D eigenvalue weighted by Gasteiger charge is -2.26. The van der Waals surface area contributed by atoms with Gasteiger partial charge in [-0.1, -0.05) is 36.4 Å². The summed E-state index contributed by atoms with van der Waals surface area (Å²) in [5.74, 6) is 0.160. The van der Waals surface area contributed by atoms with Crippen molar-refractivity contribution >= 4 is 16.7 Å². The number of hydrogen-bond donors (Lipinski definition) is 1. The van der Waals surface area contributed by atoms with Crippen molar-refractivity contribution in [2.45, 2.75) is 25.4 Å². The van der Waals surface area contributed by atoms with Crippen molar-refractivity contribution in [1.29, 1.82) is 0 Å². The van der Waals surface area contributed by atoms with Crippen LogP contribution in [-0.2, 0) is 4.79 Å². The van der Waals surface area contributed by atoms with Gasteiger partial charge in [0.2, 0.25) is 5.91 Å². The average Bonchev–Trinajstić information content (AvgIpc) is 2.72. The first-order chi connectivity index (χ1) is 9.20. The van der Waals surface area contributed by atoms with Crippen LogP contribution >= 0.6 is 0 Å². The first-order valence-corrected chi connectivity index (χ1v) is 6.74. The Morgan fingerprint density at radius 1 is 1.21 bits per heavy atom. The molecule has 1 amide bonds. The van der Waals surface area contributed by atoms with Gasteiger partial charge in [-0.05, 0) is 29.3 Å². The van der Waals surface area contributed by atoms with Crippen LogP contribution in [-0.4, -0.2) is 23.4 Å². The van der Waals surface area contributed by atoms with Crippen molar-refractivity contribution in [3.05, 3.63) is 48.0 Å². The SMILES string of the molecule is CCN1C(=O)CC(N)C1c1ccc2ccccc2c1. The third-order valence-electron chi connectivity index (χ3n) is 3.93. The summed E-state index contributed by atoms with van der Waals surface area (Å²) in [6.07, 6.45) is 0.450. The van der Waals surface area contributed by atoms with Gasteiger partial charge < -0.3 is 10.6 Å². The lowest BCUT2D eigenvalue weighted by atomic mass is 9.97. The third-order valence-corrected chi connectivity index (χ3v) is 3.93. The molecule has 3 heteroatoms. The molecule has 2 unspecified atom stereocenters. The number of fused-ring (bicyclic) bond motifs is 1. The number of carbonyl (C=O) groups excluding carboxylic acids is 1. The Morgan fingerprint density at radius 3 is 2.68 bits per heavy atom. The number of likely N-dealkylation sites (N-methyl/N-ethyl adjacent to an activating group) is 1. The molecule has 0 saturated carbocycles. The second kappa shape index (κ2) is 4.67. The van der Waals surface area contributed by atoms with Gasteiger partial charge in [0.15, 0.2) is 0 Å². The number of likely N-dealkylation sites (tertiary alicyclic amines) is 1. The molecule has 3 nitrogen and oxygen atoms in total. The number of hydrogen-bond acceptors (Lipinski definition) is 2. The summed E-state index contributed by atoms with van der Waals surface area (Å²) in [6.45, 7) is 2.72. The minimum Gasteiger partial charge on any atom is -0.334 e. The number of amides is 1. The van der Waals surface area contributed by atoms with Crippen LogP contribution in [0.3, 0.4) is 0 Å². The van der Waals surface area contributed by atoms with Gasteiger partial charge in [-0.15, -0.1) is 0 Å². The highest BCUT2D eigenvalue weighted by molar-refractivity contribution is 5.84. The minimum atomic E-state index is -0.103. The van der Waals surface area contributed by atoms with E-state index in [0.717, 1.165) is 5.56 Å². The molecular formula is C16H18N2O. The fourth-order valence-electron chi connectivity index (χ4n) is 3.01. The summed E-state index contributed by atoms with van der Waals surface area (Å²) in [5.41, 5.74) is 7.29. The second-order valence-electron chi connectivity index (χ2n) is 5.10. The summed E-state index contributed by atoms with van der Waals surface area (Å²) in [7, 11) is 0. The van der Waals surface area contributed by atoms with Crippen molar-refractivity contribution < 1.29 is 4.79 Å². The Labute approximate surface area is 113 Å². The van der Waals surface area contributed by atoms with Crippen molar-refractivity contribution in [2.75, 3.05) is 6.54 Å². The van der Waals surface area contributed by atoms with E-state index in [2.05, 4.69) is 30.3 Å². The molecule has 2 aromatic carbocycles. The van der Waals surface area contributed by atoms with Crippen LogP contribution in [0.25, 0.3) is 10.8 Å². The summed E-state index contributed by atoms with van der Waals surface area (Å²) >= 11 is 0. The average molecular weight is 254 g/mol.